The van der Waals surface area contributed by atoms with Gasteiger partial charge in [0.2, 0.25) is 5.91 Å². The third kappa shape index (κ3) is 5.16. The summed E-state index contributed by atoms with van der Waals surface area (Å²) in [5.74, 6) is 0.0427. The number of phenols is 1. The SMILES string of the molecule is CC1(C)COC2=C(C1)Nc1c(O)cccc1N(C(=O)CCCl)C2c1ccc(OCc2ccccc2)cc1F. The van der Waals surface area contributed by atoms with E-state index in [0.717, 1.165) is 5.56 Å². The molecular weight excluding hydrogens is 507 g/mol. The molecule has 0 fully saturated rings. The zero-order valence-corrected chi connectivity index (χ0v) is 22.1. The van der Waals surface area contributed by atoms with E-state index in [9.17, 15) is 9.90 Å². The van der Waals surface area contributed by atoms with Gasteiger partial charge in [0.1, 0.15) is 41.4 Å². The Kier molecular flexibility index (Phi) is 7.21. The van der Waals surface area contributed by atoms with Crippen molar-refractivity contribution >= 4 is 28.9 Å². The second-order valence-corrected chi connectivity index (χ2v) is 10.7. The van der Waals surface area contributed by atoms with Crippen molar-refractivity contribution in [2.45, 2.75) is 39.3 Å². The van der Waals surface area contributed by atoms with Gasteiger partial charge < -0.3 is 19.9 Å². The Morgan fingerprint density at radius 3 is 2.71 bits per heavy atom. The topological polar surface area (TPSA) is 71.0 Å². The van der Waals surface area contributed by atoms with Crippen molar-refractivity contribution in [1.82, 2.24) is 0 Å². The number of nitrogens with zero attached hydrogens (tertiary/aromatic N) is 1. The molecule has 2 aliphatic rings. The highest BCUT2D eigenvalue weighted by atomic mass is 35.5. The molecule has 0 aromatic heterocycles. The molecule has 1 amide bonds. The average Bonchev–Trinajstić information content (AvgIpc) is 3.02. The van der Waals surface area contributed by atoms with E-state index < -0.39 is 11.9 Å². The lowest BCUT2D eigenvalue weighted by molar-refractivity contribution is -0.118. The Morgan fingerprint density at radius 2 is 1.97 bits per heavy atom. The molecule has 0 aliphatic carbocycles. The van der Waals surface area contributed by atoms with Gasteiger partial charge in [-0.05, 0) is 36.2 Å². The third-order valence-electron chi connectivity index (χ3n) is 6.73. The normalized spacial score (nSPS) is 18.0. The predicted molar refractivity (Wildman–Crippen MR) is 146 cm³/mol. The van der Waals surface area contributed by atoms with Gasteiger partial charge in [-0.25, -0.2) is 4.39 Å². The minimum Gasteiger partial charge on any atom is -0.506 e. The third-order valence-corrected chi connectivity index (χ3v) is 6.91. The molecule has 0 spiro atoms. The molecule has 2 N–H and O–H groups in total. The molecule has 0 saturated carbocycles. The minimum absolute atomic E-state index is 0.0211. The molecule has 38 heavy (non-hydrogen) atoms. The van der Waals surface area contributed by atoms with E-state index in [1.165, 1.54) is 11.0 Å². The summed E-state index contributed by atoms with van der Waals surface area (Å²) in [5.41, 5.74) is 2.50. The van der Waals surface area contributed by atoms with Crippen LogP contribution in [0.1, 0.15) is 43.9 Å². The lowest BCUT2D eigenvalue weighted by atomic mass is 9.85. The number of fused-ring (bicyclic) bond motifs is 1. The molecule has 2 heterocycles. The number of benzene rings is 3. The largest absolute Gasteiger partial charge is 0.506 e. The number of amides is 1. The Balaban J connectivity index is 1.61. The molecule has 2 aliphatic heterocycles. The molecule has 198 valence electrons. The molecule has 0 radical (unpaired) electrons. The first-order chi connectivity index (χ1) is 18.3. The quantitative estimate of drug-likeness (QED) is 0.265. The highest BCUT2D eigenvalue weighted by Crippen LogP contribution is 2.49. The molecule has 3 aromatic rings. The Labute approximate surface area is 226 Å². The van der Waals surface area contributed by atoms with Crippen molar-refractivity contribution in [2.75, 3.05) is 22.7 Å². The van der Waals surface area contributed by atoms with E-state index in [0.29, 0.717) is 48.2 Å². The summed E-state index contributed by atoms with van der Waals surface area (Å²) in [7, 11) is 0. The maximum Gasteiger partial charge on any atom is 0.229 e. The fourth-order valence-corrected chi connectivity index (χ4v) is 5.07. The van der Waals surface area contributed by atoms with Crippen molar-refractivity contribution in [1.29, 1.82) is 0 Å². The first kappa shape index (κ1) is 25.9. The number of carbonyl (C=O) groups is 1. The maximum absolute atomic E-state index is 15.9. The van der Waals surface area contributed by atoms with Crippen LogP contribution in [0.5, 0.6) is 11.5 Å². The van der Waals surface area contributed by atoms with E-state index >= 15 is 4.39 Å². The molecule has 6 nitrogen and oxygen atoms in total. The van der Waals surface area contributed by atoms with Crippen molar-refractivity contribution in [3.63, 3.8) is 0 Å². The minimum atomic E-state index is -0.907. The highest BCUT2D eigenvalue weighted by Gasteiger charge is 2.42. The van der Waals surface area contributed by atoms with Crippen LogP contribution in [-0.2, 0) is 16.1 Å². The van der Waals surface area contributed by atoms with Gasteiger partial charge in [0.15, 0.2) is 0 Å². The number of hydrogen-bond donors (Lipinski definition) is 2. The van der Waals surface area contributed by atoms with Crippen LogP contribution in [0.15, 0.2) is 78.2 Å². The van der Waals surface area contributed by atoms with Gasteiger partial charge in [-0.1, -0.05) is 50.2 Å². The summed E-state index contributed by atoms with van der Waals surface area (Å²) >= 11 is 5.97. The van der Waals surface area contributed by atoms with E-state index in [-0.39, 0.29) is 34.9 Å². The molecule has 1 unspecified atom stereocenters. The van der Waals surface area contributed by atoms with Gasteiger partial charge in [-0.2, -0.15) is 0 Å². The lowest BCUT2D eigenvalue weighted by Gasteiger charge is -2.38. The number of rotatable bonds is 6. The summed E-state index contributed by atoms with van der Waals surface area (Å²) in [6, 6.07) is 18.3. The number of alkyl halides is 1. The number of ether oxygens (including phenoxy) is 2. The monoisotopic (exact) mass is 536 g/mol. The van der Waals surface area contributed by atoms with Crippen LogP contribution in [0.3, 0.4) is 0 Å². The summed E-state index contributed by atoms with van der Waals surface area (Å²) in [4.78, 5) is 15.0. The Hall–Kier alpha value is -3.71. The molecule has 5 rings (SSSR count). The number of allylic oxidation sites excluding steroid dienone is 1. The molecule has 8 heteroatoms. The van der Waals surface area contributed by atoms with Crippen LogP contribution in [0.25, 0.3) is 0 Å². The summed E-state index contributed by atoms with van der Waals surface area (Å²) < 4.78 is 28.0. The van der Waals surface area contributed by atoms with Gasteiger partial charge >= 0.3 is 0 Å². The van der Waals surface area contributed by atoms with Crippen molar-refractivity contribution in [3.8, 4) is 11.5 Å². The standard InChI is InChI=1S/C30H30ClFN2O4/c1-30(2)16-23-29(38-18-30)28(34(26(36)13-14-31)24-9-6-10-25(35)27(24)33-23)21-12-11-20(15-22(21)32)37-17-19-7-4-3-5-8-19/h3-12,15,28,33,35H,13-14,16-18H2,1-2H3. The van der Waals surface area contributed by atoms with E-state index in [4.69, 9.17) is 21.1 Å². The van der Waals surface area contributed by atoms with E-state index in [1.54, 1.807) is 30.3 Å². The second kappa shape index (κ2) is 10.6. The fraction of sp³-hybridized carbons (Fsp3) is 0.300. The maximum atomic E-state index is 15.9. The van der Waals surface area contributed by atoms with Crippen LogP contribution in [-0.4, -0.2) is 23.5 Å². The van der Waals surface area contributed by atoms with Gasteiger partial charge in [-0.15, -0.1) is 11.6 Å². The highest BCUT2D eigenvalue weighted by molar-refractivity contribution is 6.19. The van der Waals surface area contributed by atoms with Gasteiger partial charge in [-0.3, -0.25) is 9.69 Å². The molecule has 3 aromatic carbocycles. The molecular formula is C30H30ClFN2O4. The summed E-state index contributed by atoms with van der Waals surface area (Å²) in [6.07, 6.45) is 0.616. The number of halogens is 2. The van der Waals surface area contributed by atoms with E-state index in [2.05, 4.69) is 19.2 Å². The number of phenolic OH excluding ortho intramolecular Hbond substituents is 1. The lowest BCUT2D eigenvalue weighted by Crippen LogP contribution is -2.39. The van der Waals surface area contributed by atoms with Crippen LogP contribution in [0.4, 0.5) is 15.8 Å². The second-order valence-electron chi connectivity index (χ2n) is 10.3. The number of hydrogen-bond acceptors (Lipinski definition) is 5. The van der Waals surface area contributed by atoms with Crippen molar-refractivity contribution in [3.05, 3.63) is 95.1 Å². The van der Waals surface area contributed by atoms with Crippen LogP contribution < -0.4 is 15.0 Å². The van der Waals surface area contributed by atoms with E-state index in [1.807, 2.05) is 30.3 Å². The van der Waals surface area contributed by atoms with Gasteiger partial charge in [0, 0.05) is 29.3 Å². The molecule has 1 atom stereocenters. The van der Waals surface area contributed by atoms with Crippen LogP contribution in [0, 0.1) is 11.2 Å². The predicted octanol–water partition coefficient (Wildman–Crippen LogP) is 6.90. The smallest absolute Gasteiger partial charge is 0.229 e. The molecule has 0 saturated heterocycles. The number of aromatic hydroxyl groups is 1. The van der Waals surface area contributed by atoms with Gasteiger partial charge in [0.25, 0.3) is 0 Å². The van der Waals surface area contributed by atoms with Gasteiger partial charge in [0.05, 0.1) is 18.0 Å². The molecule has 0 bridgehead atoms. The van der Waals surface area contributed by atoms with Crippen LogP contribution >= 0.6 is 11.6 Å². The number of anilines is 2. The van der Waals surface area contributed by atoms with Crippen molar-refractivity contribution < 1.29 is 23.8 Å². The average molecular weight is 537 g/mol. The zero-order chi connectivity index (χ0) is 26.9. The summed E-state index contributed by atoms with van der Waals surface area (Å²) in [6.45, 7) is 4.83. The number of carbonyl (C=O) groups excluding carboxylic acids is 1. The summed E-state index contributed by atoms with van der Waals surface area (Å²) in [5, 5.41) is 14.1. The Morgan fingerprint density at radius 1 is 1.18 bits per heavy atom. The zero-order valence-electron chi connectivity index (χ0n) is 21.3. The number of para-hydroxylation sites is 1. The van der Waals surface area contributed by atoms with Crippen molar-refractivity contribution in [2.24, 2.45) is 5.41 Å². The Bertz CT molecular complexity index is 1380. The van der Waals surface area contributed by atoms with Crippen LogP contribution in [0.2, 0.25) is 0 Å². The fourth-order valence-electron chi connectivity index (χ4n) is 4.91. The first-order valence-corrected chi connectivity index (χ1v) is 13.1. The number of nitrogens with one attached hydrogen (secondary N) is 1. The first-order valence-electron chi connectivity index (χ1n) is 12.6.